The zero-order chi connectivity index (χ0) is 16.9. The van der Waals surface area contributed by atoms with Crippen LogP contribution in [0.1, 0.15) is 37.8 Å². The van der Waals surface area contributed by atoms with Gasteiger partial charge in [-0.15, -0.1) is 0 Å². The van der Waals surface area contributed by atoms with Gasteiger partial charge in [0, 0.05) is 43.8 Å². The largest absolute Gasteiger partial charge is 0.370 e. The van der Waals surface area contributed by atoms with Crippen molar-refractivity contribution in [2.24, 2.45) is 0 Å². The lowest BCUT2D eigenvalue weighted by Gasteiger charge is -2.31. The Hall–Kier alpha value is -1.62. The highest BCUT2D eigenvalue weighted by molar-refractivity contribution is 5.82. The van der Waals surface area contributed by atoms with Crippen molar-refractivity contribution in [1.82, 2.24) is 14.8 Å². The molecule has 0 saturated carbocycles. The SMILES string of the molecule is Cc1cc(N2CCCN(C(=O)[C@H]3CCCCCN3C)CC2)ccn1. The van der Waals surface area contributed by atoms with Crippen molar-refractivity contribution in [1.29, 1.82) is 0 Å². The highest BCUT2D eigenvalue weighted by Gasteiger charge is 2.29. The van der Waals surface area contributed by atoms with E-state index in [-0.39, 0.29) is 6.04 Å². The Morgan fingerprint density at radius 1 is 1.08 bits per heavy atom. The average Bonchev–Trinajstić information content (AvgIpc) is 2.94. The smallest absolute Gasteiger partial charge is 0.239 e. The van der Waals surface area contributed by atoms with Crippen molar-refractivity contribution < 1.29 is 4.79 Å². The monoisotopic (exact) mass is 330 g/mol. The molecule has 1 aromatic rings. The number of hydrogen-bond donors (Lipinski definition) is 0. The number of likely N-dealkylation sites (N-methyl/N-ethyl adjacent to an activating group) is 1. The van der Waals surface area contributed by atoms with Crippen LogP contribution >= 0.6 is 0 Å². The Balaban J connectivity index is 1.63. The summed E-state index contributed by atoms with van der Waals surface area (Å²) in [6, 6.07) is 4.29. The molecule has 3 heterocycles. The summed E-state index contributed by atoms with van der Waals surface area (Å²) in [7, 11) is 2.11. The van der Waals surface area contributed by atoms with Gasteiger partial charge in [0.2, 0.25) is 5.91 Å². The summed E-state index contributed by atoms with van der Waals surface area (Å²) in [4.78, 5) is 24.1. The van der Waals surface area contributed by atoms with Crippen molar-refractivity contribution in [3.63, 3.8) is 0 Å². The van der Waals surface area contributed by atoms with Gasteiger partial charge < -0.3 is 9.80 Å². The summed E-state index contributed by atoms with van der Waals surface area (Å²) in [5.74, 6) is 0.340. The highest BCUT2D eigenvalue weighted by Crippen LogP contribution is 2.20. The topological polar surface area (TPSA) is 39.7 Å². The summed E-state index contributed by atoms with van der Waals surface area (Å²) < 4.78 is 0. The quantitative estimate of drug-likeness (QED) is 0.834. The number of aromatic nitrogens is 1. The molecule has 0 aromatic carbocycles. The molecule has 2 saturated heterocycles. The fourth-order valence-corrected chi connectivity index (χ4v) is 3.90. The van der Waals surface area contributed by atoms with Crippen LogP contribution in [0.25, 0.3) is 0 Å². The van der Waals surface area contributed by atoms with Crippen LogP contribution in [0.15, 0.2) is 18.3 Å². The zero-order valence-electron chi connectivity index (χ0n) is 15.1. The molecule has 132 valence electrons. The van der Waals surface area contributed by atoms with E-state index in [2.05, 4.69) is 38.9 Å². The standard InChI is InChI=1S/C19H30N4O/c1-16-15-17(8-9-20-16)22-11-6-12-23(14-13-22)19(24)18-7-4-3-5-10-21(18)2/h8-9,15,18H,3-7,10-14H2,1-2H3/t18-/m1/s1. The van der Waals surface area contributed by atoms with E-state index < -0.39 is 0 Å². The molecule has 1 amide bonds. The van der Waals surface area contributed by atoms with E-state index >= 15 is 0 Å². The van der Waals surface area contributed by atoms with Crippen molar-refractivity contribution in [3.8, 4) is 0 Å². The van der Waals surface area contributed by atoms with E-state index in [1.807, 2.05) is 13.1 Å². The van der Waals surface area contributed by atoms with Crippen LogP contribution in [0, 0.1) is 6.92 Å². The van der Waals surface area contributed by atoms with Crippen LogP contribution in [0.5, 0.6) is 0 Å². The molecule has 0 aliphatic carbocycles. The minimum Gasteiger partial charge on any atom is -0.370 e. The third-order valence-electron chi connectivity index (χ3n) is 5.36. The molecule has 3 rings (SSSR count). The molecule has 24 heavy (non-hydrogen) atoms. The second-order valence-electron chi connectivity index (χ2n) is 7.17. The number of pyridine rings is 1. The van der Waals surface area contributed by atoms with Gasteiger partial charge in [-0.05, 0) is 51.9 Å². The first kappa shape index (κ1) is 17.2. The number of likely N-dealkylation sites (tertiary alicyclic amines) is 1. The third kappa shape index (κ3) is 4.07. The molecule has 0 radical (unpaired) electrons. The number of hydrogen-bond acceptors (Lipinski definition) is 4. The molecule has 0 spiro atoms. The summed E-state index contributed by atoms with van der Waals surface area (Å²) >= 11 is 0. The summed E-state index contributed by atoms with van der Waals surface area (Å²) in [5.41, 5.74) is 2.27. The van der Waals surface area contributed by atoms with Gasteiger partial charge in [0.25, 0.3) is 0 Å². The number of rotatable bonds is 2. The first-order chi connectivity index (χ1) is 11.6. The Morgan fingerprint density at radius 3 is 2.79 bits per heavy atom. The van der Waals surface area contributed by atoms with Gasteiger partial charge in [0.1, 0.15) is 0 Å². The van der Waals surface area contributed by atoms with E-state index in [9.17, 15) is 4.79 Å². The number of anilines is 1. The summed E-state index contributed by atoms with van der Waals surface area (Å²) in [5, 5.41) is 0. The number of nitrogens with zero attached hydrogens (tertiary/aromatic N) is 4. The predicted molar refractivity (Wildman–Crippen MR) is 97.3 cm³/mol. The fourth-order valence-electron chi connectivity index (χ4n) is 3.90. The van der Waals surface area contributed by atoms with Gasteiger partial charge in [-0.25, -0.2) is 0 Å². The number of carbonyl (C=O) groups is 1. The summed E-state index contributed by atoms with van der Waals surface area (Å²) in [6.07, 6.45) is 7.57. The molecule has 2 aliphatic rings. The van der Waals surface area contributed by atoms with Crippen molar-refractivity contribution in [2.75, 3.05) is 44.7 Å². The molecule has 5 heteroatoms. The van der Waals surface area contributed by atoms with E-state index in [1.54, 1.807) is 0 Å². The Morgan fingerprint density at radius 2 is 1.96 bits per heavy atom. The molecule has 0 N–H and O–H groups in total. The van der Waals surface area contributed by atoms with Crippen molar-refractivity contribution in [2.45, 2.75) is 45.1 Å². The second-order valence-corrected chi connectivity index (χ2v) is 7.17. The maximum absolute atomic E-state index is 13.0. The predicted octanol–water partition coefficient (Wildman–Crippen LogP) is 2.30. The van der Waals surface area contributed by atoms with E-state index in [0.29, 0.717) is 5.91 Å². The van der Waals surface area contributed by atoms with E-state index in [1.165, 1.54) is 24.9 Å². The first-order valence-corrected chi connectivity index (χ1v) is 9.32. The van der Waals surface area contributed by atoms with Crippen molar-refractivity contribution >= 4 is 11.6 Å². The Labute approximate surface area is 145 Å². The second kappa shape index (κ2) is 7.97. The molecule has 1 aromatic heterocycles. The lowest BCUT2D eigenvalue weighted by molar-refractivity contribution is -0.136. The lowest BCUT2D eigenvalue weighted by Crippen LogP contribution is -2.48. The maximum atomic E-state index is 13.0. The minimum atomic E-state index is 0.0854. The highest BCUT2D eigenvalue weighted by atomic mass is 16.2. The summed E-state index contributed by atoms with van der Waals surface area (Å²) in [6.45, 7) is 6.69. The van der Waals surface area contributed by atoms with Crippen LogP contribution < -0.4 is 4.90 Å². The first-order valence-electron chi connectivity index (χ1n) is 9.32. The van der Waals surface area contributed by atoms with E-state index in [0.717, 1.165) is 51.3 Å². The molecule has 2 fully saturated rings. The van der Waals surface area contributed by atoms with Crippen LogP contribution in [0.2, 0.25) is 0 Å². The van der Waals surface area contributed by atoms with Crippen molar-refractivity contribution in [3.05, 3.63) is 24.0 Å². The van der Waals surface area contributed by atoms with Gasteiger partial charge in [-0.1, -0.05) is 12.8 Å². The molecule has 1 atom stereocenters. The van der Waals surface area contributed by atoms with Crippen LogP contribution in [-0.4, -0.2) is 66.5 Å². The van der Waals surface area contributed by atoms with Crippen LogP contribution in [0.3, 0.4) is 0 Å². The normalized spacial score (nSPS) is 23.7. The minimum absolute atomic E-state index is 0.0854. The lowest BCUT2D eigenvalue weighted by atomic mass is 10.1. The van der Waals surface area contributed by atoms with Gasteiger partial charge >= 0.3 is 0 Å². The number of amides is 1. The van der Waals surface area contributed by atoms with Gasteiger partial charge in [-0.2, -0.15) is 0 Å². The number of carbonyl (C=O) groups excluding carboxylic acids is 1. The van der Waals surface area contributed by atoms with Gasteiger partial charge in [0.05, 0.1) is 6.04 Å². The van der Waals surface area contributed by atoms with Crippen LogP contribution in [0.4, 0.5) is 5.69 Å². The molecular weight excluding hydrogens is 300 g/mol. The molecular formula is C19H30N4O. The van der Waals surface area contributed by atoms with Crippen LogP contribution in [-0.2, 0) is 4.79 Å². The molecule has 5 nitrogen and oxygen atoms in total. The Bertz CT molecular complexity index is 562. The zero-order valence-corrected chi connectivity index (χ0v) is 15.1. The van der Waals surface area contributed by atoms with E-state index in [4.69, 9.17) is 0 Å². The molecule has 0 bridgehead atoms. The van der Waals surface area contributed by atoms with Gasteiger partial charge in [0.15, 0.2) is 0 Å². The molecule has 0 unspecified atom stereocenters. The Kier molecular flexibility index (Phi) is 5.72. The number of aryl methyl sites for hydroxylation is 1. The fraction of sp³-hybridized carbons (Fsp3) is 0.684. The third-order valence-corrected chi connectivity index (χ3v) is 5.36. The average molecular weight is 330 g/mol. The maximum Gasteiger partial charge on any atom is 0.239 e. The molecule has 2 aliphatic heterocycles. The van der Waals surface area contributed by atoms with Gasteiger partial charge in [-0.3, -0.25) is 14.7 Å².